The van der Waals surface area contributed by atoms with Crippen LogP contribution in [0.15, 0.2) is 47.6 Å². The molecule has 0 unspecified atom stereocenters. The van der Waals surface area contributed by atoms with Crippen LogP contribution >= 0.6 is 12.2 Å². The van der Waals surface area contributed by atoms with Crippen LogP contribution in [-0.2, 0) is 6.42 Å². The molecule has 24 heavy (non-hydrogen) atoms. The Kier molecular flexibility index (Phi) is 6.32. The van der Waals surface area contributed by atoms with E-state index < -0.39 is 0 Å². The zero-order valence-corrected chi connectivity index (χ0v) is 15.3. The van der Waals surface area contributed by atoms with E-state index in [1.54, 1.807) is 7.11 Å². The van der Waals surface area contributed by atoms with Gasteiger partial charge in [-0.25, -0.2) is 0 Å². The summed E-state index contributed by atoms with van der Waals surface area (Å²) < 4.78 is 5.16. The first kappa shape index (κ1) is 17.9. The molecule has 0 fully saturated rings. The quantitative estimate of drug-likeness (QED) is 0.486. The summed E-state index contributed by atoms with van der Waals surface area (Å²) in [7, 11) is 1.66. The fraction of sp³-hybridized carbons (Fsp3) is 0.263. The summed E-state index contributed by atoms with van der Waals surface area (Å²) in [6, 6.07) is 14.1. The Hall–Kier alpha value is -2.40. The molecule has 0 aromatic heterocycles. The summed E-state index contributed by atoms with van der Waals surface area (Å²) in [5, 5.41) is 7.95. The van der Waals surface area contributed by atoms with Gasteiger partial charge in [0.2, 0.25) is 0 Å². The number of hydrogen-bond donors (Lipinski definition) is 2. The fourth-order valence-corrected chi connectivity index (χ4v) is 2.37. The molecule has 2 aromatic rings. The highest BCUT2D eigenvalue weighted by atomic mass is 32.1. The Bertz CT molecular complexity index is 739. The summed E-state index contributed by atoms with van der Waals surface area (Å²) in [6.07, 6.45) is 0.753. The van der Waals surface area contributed by atoms with Crippen molar-refractivity contribution in [1.82, 2.24) is 5.43 Å². The van der Waals surface area contributed by atoms with Crippen LogP contribution in [0.4, 0.5) is 5.69 Å². The van der Waals surface area contributed by atoms with E-state index in [9.17, 15) is 0 Å². The maximum absolute atomic E-state index is 5.28. The van der Waals surface area contributed by atoms with E-state index in [1.807, 2.05) is 37.3 Å². The van der Waals surface area contributed by atoms with Gasteiger partial charge in [0.15, 0.2) is 5.11 Å². The molecule has 0 aliphatic carbocycles. The Morgan fingerprint density at radius 1 is 1.08 bits per heavy atom. The third-order valence-electron chi connectivity index (χ3n) is 3.73. The van der Waals surface area contributed by atoms with Gasteiger partial charge in [0.05, 0.1) is 7.11 Å². The predicted octanol–water partition coefficient (Wildman–Crippen LogP) is 4.22. The molecule has 0 amide bonds. The summed E-state index contributed by atoms with van der Waals surface area (Å²) in [4.78, 5) is 0. The first-order chi connectivity index (χ1) is 11.5. The second kappa shape index (κ2) is 8.45. The van der Waals surface area contributed by atoms with Crippen LogP contribution in [-0.4, -0.2) is 17.9 Å². The zero-order chi connectivity index (χ0) is 17.5. The van der Waals surface area contributed by atoms with Gasteiger partial charge < -0.3 is 10.1 Å². The van der Waals surface area contributed by atoms with Crippen molar-refractivity contribution in [1.29, 1.82) is 0 Å². The van der Waals surface area contributed by atoms with Crippen LogP contribution in [0, 0.1) is 13.8 Å². The second-order valence-corrected chi connectivity index (χ2v) is 6.15. The lowest BCUT2D eigenvalue weighted by Gasteiger charge is -2.10. The Morgan fingerprint density at radius 3 is 2.42 bits per heavy atom. The monoisotopic (exact) mass is 341 g/mol. The number of thiocarbonyl (C=S) groups is 1. The highest BCUT2D eigenvalue weighted by Crippen LogP contribution is 2.14. The Labute approximate surface area is 148 Å². The number of nitrogens with one attached hydrogen (secondary N) is 2. The molecule has 0 spiro atoms. The molecule has 0 saturated carbocycles. The third-order valence-corrected chi connectivity index (χ3v) is 3.93. The smallest absolute Gasteiger partial charge is 0.191 e. The van der Waals surface area contributed by atoms with Gasteiger partial charge in [-0.3, -0.25) is 5.43 Å². The summed E-state index contributed by atoms with van der Waals surface area (Å²) in [5.41, 5.74) is 8.45. The van der Waals surface area contributed by atoms with Gasteiger partial charge in [0.25, 0.3) is 0 Å². The van der Waals surface area contributed by atoms with Crippen molar-refractivity contribution in [2.24, 2.45) is 5.10 Å². The molecule has 2 N–H and O–H groups in total. The van der Waals surface area contributed by atoms with E-state index in [0.29, 0.717) is 5.11 Å². The lowest BCUT2D eigenvalue weighted by molar-refractivity contribution is 0.414. The molecular formula is C19H23N3OS. The van der Waals surface area contributed by atoms with Crippen LogP contribution < -0.4 is 15.5 Å². The first-order valence-corrected chi connectivity index (χ1v) is 8.19. The Morgan fingerprint density at radius 2 is 1.79 bits per heavy atom. The second-order valence-electron chi connectivity index (χ2n) is 5.74. The average molecular weight is 341 g/mol. The van der Waals surface area contributed by atoms with Crippen LogP contribution in [0.3, 0.4) is 0 Å². The number of aryl methyl sites for hydroxylation is 2. The summed E-state index contributed by atoms with van der Waals surface area (Å²) in [6.45, 7) is 6.13. The largest absolute Gasteiger partial charge is 0.497 e. The van der Waals surface area contributed by atoms with E-state index in [0.717, 1.165) is 23.6 Å². The number of benzene rings is 2. The maximum atomic E-state index is 5.28. The molecule has 2 rings (SSSR count). The van der Waals surface area contributed by atoms with Gasteiger partial charge >= 0.3 is 0 Å². The number of nitrogens with zero attached hydrogens (tertiary/aromatic N) is 1. The van der Waals surface area contributed by atoms with Gasteiger partial charge in [0.1, 0.15) is 5.75 Å². The Balaban J connectivity index is 1.88. The van der Waals surface area contributed by atoms with Gasteiger partial charge in [-0.15, -0.1) is 0 Å². The standard InChI is InChI=1S/C19H23N3OS/c1-13-5-8-17(11-14(13)2)20-19(24)22-21-15(3)12-16-6-9-18(23-4)10-7-16/h5-11H,12H2,1-4H3,(H2,20,22,24)/b21-15+. The molecule has 4 nitrogen and oxygen atoms in total. The van der Waals surface area contributed by atoms with Gasteiger partial charge in [-0.2, -0.15) is 5.10 Å². The molecule has 0 bridgehead atoms. The lowest BCUT2D eigenvalue weighted by atomic mass is 10.1. The van der Waals surface area contributed by atoms with Crippen molar-refractivity contribution in [3.63, 3.8) is 0 Å². The number of ether oxygens (including phenoxy) is 1. The minimum Gasteiger partial charge on any atom is -0.497 e. The van der Waals surface area contributed by atoms with Crippen LogP contribution in [0.5, 0.6) is 5.75 Å². The van der Waals surface area contributed by atoms with Crippen LogP contribution in [0.25, 0.3) is 0 Å². The van der Waals surface area contributed by atoms with Gasteiger partial charge in [-0.05, 0) is 73.9 Å². The van der Waals surface area contributed by atoms with E-state index in [-0.39, 0.29) is 0 Å². The number of hydrogen-bond acceptors (Lipinski definition) is 3. The third kappa shape index (κ3) is 5.35. The van der Waals surface area contributed by atoms with Crippen LogP contribution in [0.2, 0.25) is 0 Å². The molecule has 5 heteroatoms. The summed E-state index contributed by atoms with van der Waals surface area (Å²) in [5.74, 6) is 0.852. The van der Waals surface area contributed by atoms with Crippen molar-refractivity contribution >= 4 is 28.7 Å². The summed E-state index contributed by atoms with van der Waals surface area (Å²) >= 11 is 5.28. The van der Waals surface area contributed by atoms with Crippen molar-refractivity contribution in [3.8, 4) is 5.75 Å². The van der Waals surface area contributed by atoms with Crippen LogP contribution in [0.1, 0.15) is 23.6 Å². The van der Waals surface area contributed by atoms with Crippen molar-refractivity contribution < 1.29 is 4.74 Å². The molecular weight excluding hydrogens is 318 g/mol. The van der Waals surface area contributed by atoms with E-state index >= 15 is 0 Å². The highest BCUT2D eigenvalue weighted by molar-refractivity contribution is 7.80. The topological polar surface area (TPSA) is 45.6 Å². The normalized spacial score (nSPS) is 11.1. The highest BCUT2D eigenvalue weighted by Gasteiger charge is 2.01. The molecule has 2 aromatic carbocycles. The number of hydrazone groups is 1. The van der Waals surface area contributed by atoms with Gasteiger partial charge in [0, 0.05) is 17.8 Å². The van der Waals surface area contributed by atoms with Crippen molar-refractivity contribution in [2.45, 2.75) is 27.2 Å². The molecule has 0 aliphatic heterocycles. The van der Waals surface area contributed by atoms with E-state index in [2.05, 4.69) is 41.8 Å². The van der Waals surface area contributed by atoms with Gasteiger partial charge in [-0.1, -0.05) is 18.2 Å². The molecule has 0 radical (unpaired) electrons. The molecule has 0 atom stereocenters. The SMILES string of the molecule is COc1ccc(C/C(C)=N/NC(=S)Nc2ccc(C)c(C)c2)cc1. The zero-order valence-electron chi connectivity index (χ0n) is 14.5. The average Bonchev–Trinajstić information content (AvgIpc) is 2.57. The maximum Gasteiger partial charge on any atom is 0.191 e. The molecule has 0 saturated heterocycles. The lowest BCUT2D eigenvalue weighted by Crippen LogP contribution is -2.25. The molecule has 0 heterocycles. The molecule has 0 aliphatic rings. The minimum absolute atomic E-state index is 0.479. The minimum atomic E-state index is 0.479. The van der Waals surface area contributed by atoms with E-state index in [4.69, 9.17) is 17.0 Å². The fourth-order valence-electron chi connectivity index (χ4n) is 2.20. The molecule has 126 valence electrons. The first-order valence-electron chi connectivity index (χ1n) is 7.78. The predicted molar refractivity (Wildman–Crippen MR) is 105 cm³/mol. The number of rotatable bonds is 5. The van der Waals surface area contributed by atoms with E-state index in [1.165, 1.54) is 16.7 Å². The van der Waals surface area contributed by atoms with Crippen molar-refractivity contribution in [2.75, 3.05) is 12.4 Å². The number of methoxy groups -OCH3 is 1. The van der Waals surface area contributed by atoms with Crippen molar-refractivity contribution in [3.05, 3.63) is 59.2 Å². The number of anilines is 1.